The van der Waals surface area contributed by atoms with Gasteiger partial charge in [-0.2, -0.15) is 0 Å². The number of rotatable bonds is 3. The van der Waals surface area contributed by atoms with E-state index in [9.17, 15) is 8.78 Å². The average molecular weight is 250 g/mol. The van der Waals surface area contributed by atoms with E-state index in [0.717, 1.165) is 6.16 Å². The highest BCUT2D eigenvalue weighted by atomic mass is 31.1. The molecule has 0 fully saturated rings. The molecule has 0 spiro atoms. The van der Waals surface area contributed by atoms with Gasteiger partial charge in [-0.1, -0.05) is 43.3 Å². The zero-order chi connectivity index (χ0) is 12.3. The largest absolute Gasteiger partial charge is 0.206 e. The van der Waals surface area contributed by atoms with Crippen LogP contribution in [-0.2, 0) is 0 Å². The first-order valence-electron chi connectivity index (χ1n) is 5.50. The fourth-order valence-electron chi connectivity index (χ4n) is 1.81. The molecule has 0 unspecified atom stereocenters. The van der Waals surface area contributed by atoms with Crippen LogP contribution in [0.1, 0.15) is 6.92 Å². The molecule has 0 atom stereocenters. The first-order valence-corrected chi connectivity index (χ1v) is 7.03. The van der Waals surface area contributed by atoms with Crippen LogP contribution >= 0.6 is 7.92 Å². The summed E-state index contributed by atoms with van der Waals surface area (Å²) in [6.07, 6.45) is 0.733. The van der Waals surface area contributed by atoms with Gasteiger partial charge in [0.15, 0.2) is 0 Å². The quantitative estimate of drug-likeness (QED) is 0.732. The second kappa shape index (κ2) is 5.37. The highest BCUT2D eigenvalue weighted by Crippen LogP contribution is 2.34. The van der Waals surface area contributed by atoms with Crippen molar-refractivity contribution in [3.8, 4) is 0 Å². The molecule has 0 aliphatic rings. The molecule has 0 saturated heterocycles. The van der Waals surface area contributed by atoms with Crippen molar-refractivity contribution in [2.45, 2.75) is 6.92 Å². The summed E-state index contributed by atoms with van der Waals surface area (Å²) in [4.78, 5) is 0. The van der Waals surface area contributed by atoms with Crippen molar-refractivity contribution in [2.24, 2.45) is 0 Å². The first-order chi connectivity index (χ1) is 8.24. The molecule has 0 nitrogen and oxygen atoms in total. The molecule has 0 aliphatic carbocycles. The molecule has 0 aliphatic heterocycles. The van der Waals surface area contributed by atoms with Gasteiger partial charge in [0, 0.05) is 10.6 Å². The van der Waals surface area contributed by atoms with E-state index in [4.69, 9.17) is 0 Å². The minimum Gasteiger partial charge on any atom is -0.206 e. The molecular weight excluding hydrogens is 237 g/mol. The van der Waals surface area contributed by atoms with Crippen LogP contribution in [0.3, 0.4) is 0 Å². The lowest BCUT2D eigenvalue weighted by atomic mass is 10.3. The molecule has 0 bridgehead atoms. The summed E-state index contributed by atoms with van der Waals surface area (Å²) in [6.45, 7) is 1.96. The number of hydrogen-bond donors (Lipinski definition) is 0. The van der Waals surface area contributed by atoms with Gasteiger partial charge in [-0.15, -0.1) is 0 Å². The van der Waals surface area contributed by atoms with Crippen molar-refractivity contribution in [3.63, 3.8) is 0 Å². The van der Waals surface area contributed by atoms with Crippen LogP contribution in [0.15, 0.2) is 48.5 Å². The Morgan fingerprint density at radius 3 is 1.59 bits per heavy atom. The number of hydrogen-bond acceptors (Lipinski definition) is 0. The Morgan fingerprint density at radius 2 is 1.24 bits per heavy atom. The zero-order valence-electron chi connectivity index (χ0n) is 9.53. The highest BCUT2D eigenvalue weighted by Gasteiger charge is 2.18. The van der Waals surface area contributed by atoms with Gasteiger partial charge < -0.3 is 0 Å². The Kier molecular flexibility index (Phi) is 3.86. The number of halogens is 2. The minimum atomic E-state index is -0.940. The maximum absolute atomic E-state index is 13.7. The Hall–Kier alpha value is -1.27. The van der Waals surface area contributed by atoms with Crippen LogP contribution in [0.4, 0.5) is 8.78 Å². The summed E-state index contributed by atoms with van der Waals surface area (Å²) in [6, 6.07) is 13.3. The Balaban J connectivity index is 2.48. The van der Waals surface area contributed by atoms with E-state index in [1.54, 1.807) is 36.4 Å². The summed E-state index contributed by atoms with van der Waals surface area (Å²) in [5.74, 6) is -0.493. The van der Waals surface area contributed by atoms with Gasteiger partial charge in [-0.3, -0.25) is 0 Å². The lowest BCUT2D eigenvalue weighted by Crippen LogP contribution is -2.18. The van der Waals surface area contributed by atoms with Crippen molar-refractivity contribution < 1.29 is 8.78 Å². The molecule has 0 radical (unpaired) electrons. The molecule has 17 heavy (non-hydrogen) atoms. The van der Waals surface area contributed by atoms with E-state index >= 15 is 0 Å². The van der Waals surface area contributed by atoms with Crippen LogP contribution < -0.4 is 10.6 Å². The van der Waals surface area contributed by atoms with Gasteiger partial charge >= 0.3 is 0 Å². The maximum Gasteiger partial charge on any atom is 0.131 e. The molecule has 0 aromatic heterocycles. The van der Waals surface area contributed by atoms with E-state index in [1.165, 1.54) is 12.1 Å². The second-order valence-corrected chi connectivity index (χ2v) is 6.10. The van der Waals surface area contributed by atoms with Crippen molar-refractivity contribution in [1.29, 1.82) is 0 Å². The Bertz CT molecular complexity index is 466. The van der Waals surface area contributed by atoms with Crippen molar-refractivity contribution >= 4 is 18.5 Å². The maximum atomic E-state index is 13.7. The summed E-state index contributed by atoms with van der Waals surface area (Å²) < 4.78 is 27.5. The van der Waals surface area contributed by atoms with E-state index in [0.29, 0.717) is 10.6 Å². The predicted molar refractivity (Wildman–Crippen MR) is 69.5 cm³/mol. The van der Waals surface area contributed by atoms with Crippen molar-refractivity contribution in [3.05, 3.63) is 60.2 Å². The van der Waals surface area contributed by atoms with Crippen molar-refractivity contribution in [2.75, 3.05) is 6.16 Å². The third kappa shape index (κ3) is 2.53. The van der Waals surface area contributed by atoms with E-state index in [1.807, 2.05) is 6.92 Å². The van der Waals surface area contributed by atoms with Crippen LogP contribution in [0.2, 0.25) is 0 Å². The molecule has 0 N–H and O–H groups in total. The normalized spacial score (nSPS) is 10.8. The van der Waals surface area contributed by atoms with Crippen LogP contribution in [0.5, 0.6) is 0 Å². The molecule has 2 rings (SSSR count). The molecular formula is C14H13F2P. The predicted octanol–water partition coefficient (Wildman–Crippen LogP) is 3.42. The molecule has 2 aromatic rings. The van der Waals surface area contributed by atoms with E-state index in [2.05, 4.69) is 0 Å². The van der Waals surface area contributed by atoms with Gasteiger partial charge in [0.25, 0.3) is 0 Å². The van der Waals surface area contributed by atoms with Crippen LogP contribution in [0.25, 0.3) is 0 Å². The van der Waals surface area contributed by atoms with Gasteiger partial charge in [0.05, 0.1) is 0 Å². The van der Waals surface area contributed by atoms with Crippen LogP contribution in [0, 0.1) is 11.6 Å². The summed E-state index contributed by atoms with van der Waals surface area (Å²) in [5.41, 5.74) is 0. The summed E-state index contributed by atoms with van der Waals surface area (Å²) >= 11 is 0. The van der Waals surface area contributed by atoms with Gasteiger partial charge in [0.2, 0.25) is 0 Å². The third-order valence-electron chi connectivity index (χ3n) is 2.60. The highest BCUT2D eigenvalue weighted by molar-refractivity contribution is 7.73. The molecule has 2 aromatic carbocycles. The second-order valence-electron chi connectivity index (χ2n) is 3.65. The van der Waals surface area contributed by atoms with Crippen LogP contribution in [-0.4, -0.2) is 6.16 Å². The molecule has 0 amide bonds. The number of benzene rings is 2. The lowest BCUT2D eigenvalue weighted by molar-refractivity contribution is 0.634. The monoisotopic (exact) mass is 250 g/mol. The van der Waals surface area contributed by atoms with Gasteiger partial charge in [-0.25, -0.2) is 8.78 Å². The SMILES string of the molecule is CCP(c1ccccc1F)c1ccccc1F. The summed E-state index contributed by atoms with van der Waals surface area (Å²) in [5, 5.41) is 1.24. The smallest absolute Gasteiger partial charge is 0.131 e. The average Bonchev–Trinajstić information content (AvgIpc) is 2.34. The van der Waals surface area contributed by atoms with Gasteiger partial charge in [0.1, 0.15) is 11.6 Å². The first kappa shape index (κ1) is 12.2. The van der Waals surface area contributed by atoms with Crippen molar-refractivity contribution in [1.82, 2.24) is 0 Å². The fraction of sp³-hybridized carbons (Fsp3) is 0.143. The standard InChI is InChI=1S/C14H13F2P/c1-2-17(13-9-5-3-7-11(13)15)14-10-6-4-8-12(14)16/h3-10H,2H2,1H3. The molecule has 88 valence electrons. The van der Waals surface area contributed by atoms with Gasteiger partial charge in [-0.05, 0) is 26.2 Å². The fourth-order valence-corrected chi connectivity index (χ4v) is 3.95. The van der Waals surface area contributed by atoms with E-state index in [-0.39, 0.29) is 11.6 Å². The van der Waals surface area contributed by atoms with E-state index < -0.39 is 7.92 Å². The molecule has 3 heteroatoms. The zero-order valence-corrected chi connectivity index (χ0v) is 10.4. The Morgan fingerprint density at radius 1 is 0.824 bits per heavy atom. The Labute approximate surface area is 101 Å². The summed E-state index contributed by atoms with van der Waals surface area (Å²) in [7, 11) is -0.940. The lowest BCUT2D eigenvalue weighted by Gasteiger charge is -2.17. The molecule has 0 saturated carbocycles. The third-order valence-corrected chi connectivity index (χ3v) is 5.12. The minimum absolute atomic E-state index is 0.247. The molecule has 0 heterocycles. The topological polar surface area (TPSA) is 0 Å².